The van der Waals surface area contributed by atoms with Crippen molar-refractivity contribution < 1.29 is 9.90 Å². The lowest BCUT2D eigenvalue weighted by Gasteiger charge is -2.42. The van der Waals surface area contributed by atoms with Crippen LogP contribution in [-0.2, 0) is 0 Å². The molecule has 3 heterocycles. The Morgan fingerprint density at radius 1 is 1.20 bits per heavy atom. The van der Waals surface area contributed by atoms with Crippen molar-refractivity contribution in [1.82, 2.24) is 14.8 Å². The minimum atomic E-state index is -0.484. The third-order valence-electron chi connectivity index (χ3n) is 6.83. The molecule has 2 atom stereocenters. The number of amides is 1. The van der Waals surface area contributed by atoms with Gasteiger partial charge >= 0.3 is 0 Å². The number of aromatic nitrogens is 1. The van der Waals surface area contributed by atoms with E-state index in [0.717, 1.165) is 44.6 Å². The molecule has 2 aliphatic heterocycles. The summed E-state index contributed by atoms with van der Waals surface area (Å²) >= 11 is 0. The molecule has 0 unspecified atom stereocenters. The molecule has 0 spiro atoms. The van der Waals surface area contributed by atoms with Crippen LogP contribution in [0.5, 0.6) is 0 Å². The smallest absolute Gasteiger partial charge is 0.253 e. The van der Waals surface area contributed by atoms with E-state index >= 15 is 0 Å². The van der Waals surface area contributed by atoms with Crippen molar-refractivity contribution >= 4 is 5.91 Å². The van der Waals surface area contributed by atoms with Crippen molar-refractivity contribution in [2.45, 2.75) is 50.7 Å². The second-order valence-corrected chi connectivity index (χ2v) is 8.21. The van der Waals surface area contributed by atoms with Gasteiger partial charge in [0.15, 0.2) is 0 Å². The van der Waals surface area contributed by atoms with Crippen molar-refractivity contribution in [1.29, 1.82) is 0 Å². The molecule has 4 rings (SSSR count). The van der Waals surface area contributed by atoms with Crippen LogP contribution in [0.25, 0.3) is 0 Å². The molecule has 1 aliphatic carbocycles. The topological polar surface area (TPSA) is 56.7 Å². The van der Waals surface area contributed by atoms with Crippen molar-refractivity contribution in [3.05, 3.63) is 30.1 Å². The van der Waals surface area contributed by atoms with Crippen molar-refractivity contribution in [2.75, 3.05) is 26.2 Å². The highest BCUT2D eigenvalue weighted by Gasteiger charge is 2.51. The molecular weight excluding hydrogens is 314 g/mol. The van der Waals surface area contributed by atoms with Crippen LogP contribution in [0.4, 0.5) is 0 Å². The van der Waals surface area contributed by atoms with E-state index in [0.29, 0.717) is 17.9 Å². The zero-order valence-corrected chi connectivity index (χ0v) is 15.1. The lowest BCUT2D eigenvalue weighted by Crippen LogP contribution is -2.50. The molecule has 3 aliphatic rings. The monoisotopic (exact) mass is 343 g/mol. The van der Waals surface area contributed by atoms with Crippen LogP contribution < -0.4 is 0 Å². The Hall–Kier alpha value is -1.46. The average Bonchev–Trinajstić information content (AvgIpc) is 2.89. The van der Waals surface area contributed by atoms with Crippen LogP contribution in [0.2, 0.25) is 0 Å². The van der Waals surface area contributed by atoms with E-state index in [1.165, 1.54) is 19.3 Å². The van der Waals surface area contributed by atoms with Crippen LogP contribution in [0.1, 0.15) is 49.4 Å². The molecule has 0 bridgehead atoms. The molecule has 2 saturated heterocycles. The molecular formula is C20H29N3O2. The summed E-state index contributed by atoms with van der Waals surface area (Å²) in [4.78, 5) is 21.0. The lowest BCUT2D eigenvalue weighted by molar-refractivity contribution is -0.0692. The Bertz CT molecular complexity index is 611. The van der Waals surface area contributed by atoms with Gasteiger partial charge in [0.05, 0.1) is 5.60 Å². The fraction of sp³-hybridized carbons (Fsp3) is 0.700. The second kappa shape index (κ2) is 6.69. The first-order chi connectivity index (χ1) is 12.1. The molecule has 3 fully saturated rings. The van der Waals surface area contributed by atoms with Gasteiger partial charge in [-0.3, -0.25) is 14.7 Å². The maximum Gasteiger partial charge on any atom is 0.253 e. The number of hydrogen-bond acceptors (Lipinski definition) is 4. The first-order valence-electron chi connectivity index (χ1n) is 9.73. The van der Waals surface area contributed by atoms with E-state index in [4.69, 9.17) is 0 Å². The molecule has 5 heteroatoms. The van der Waals surface area contributed by atoms with E-state index in [-0.39, 0.29) is 5.91 Å². The molecule has 1 aromatic rings. The fourth-order valence-electron chi connectivity index (χ4n) is 4.88. The minimum absolute atomic E-state index is 0.113. The number of nitrogens with zero attached hydrogens (tertiary/aromatic N) is 3. The van der Waals surface area contributed by atoms with Crippen LogP contribution >= 0.6 is 0 Å². The Labute approximate surface area is 150 Å². The van der Waals surface area contributed by atoms with E-state index in [2.05, 4.69) is 16.8 Å². The fourth-order valence-corrected chi connectivity index (χ4v) is 4.88. The van der Waals surface area contributed by atoms with Gasteiger partial charge in [-0.25, -0.2) is 0 Å². The first-order valence-corrected chi connectivity index (χ1v) is 9.73. The van der Waals surface area contributed by atoms with Crippen molar-refractivity contribution in [3.8, 4) is 0 Å². The summed E-state index contributed by atoms with van der Waals surface area (Å²) in [5, 5.41) is 11.2. The summed E-state index contributed by atoms with van der Waals surface area (Å²) in [7, 11) is 0. The Morgan fingerprint density at radius 3 is 2.48 bits per heavy atom. The number of piperidine rings is 1. The number of hydrogen-bond donors (Lipinski definition) is 1. The summed E-state index contributed by atoms with van der Waals surface area (Å²) in [6.07, 6.45) is 9.00. The lowest BCUT2D eigenvalue weighted by atomic mass is 9.69. The molecule has 5 nitrogen and oxygen atoms in total. The molecule has 0 radical (unpaired) electrons. The summed E-state index contributed by atoms with van der Waals surface area (Å²) in [5.41, 5.74) is 0.241. The zero-order valence-electron chi connectivity index (χ0n) is 15.1. The minimum Gasteiger partial charge on any atom is -0.388 e. The van der Waals surface area contributed by atoms with Gasteiger partial charge in [-0.2, -0.15) is 0 Å². The Kier molecular flexibility index (Phi) is 4.54. The number of carbonyl (C=O) groups excluding carboxylic acids is 1. The highest BCUT2D eigenvalue weighted by molar-refractivity contribution is 5.94. The van der Waals surface area contributed by atoms with E-state index in [1.54, 1.807) is 24.5 Å². The highest BCUT2D eigenvalue weighted by atomic mass is 16.3. The standard InChI is InChI=1S/C20H29N3O2/c1-15-13-23(14-20(15,25)17-3-2-4-17)18-7-11-22(12-8-18)19(24)16-5-9-21-10-6-16/h5-6,9-10,15,17-18,25H,2-4,7-8,11-14H2,1H3/t15-,20+/m1/s1. The largest absolute Gasteiger partial charge is 0.388 e. The zero-order chi connectivity index (χ0) is 17.4. The highest BCUT2D eigenvalue weighted by Crippen LogP contribution is 2.45. The molecule has 1 aromatic heterocycles. The predicted octanol–water partition coefficient (Wildman–Crippen LogP) is 2.17. The van der Waals surface area contributed by atoms with Crippen molar-refractivity contribution in [3.63, 3.8) is 0 Å². The number of rotatable bonds is 3. The predicted molar refractivity (Wildman–Crippen MR) is 96.2 cm³/mol. The second-order valence-electron chi connectivity index (χ2n) is 8.21. The van der Waals surface area contributed by atoms with Gasteiger partial charge in [0.1, 0.15) is 0 Å². The van der Waals surface area contributed by atoms with Gasteiger partial charge < -0.3 is 10.0 Å². The number of β-amino-alcohol motifs (C(OH)–C–C–N with tert-alkyl or cyclic N) is 1. The van der Waals surface area contributed by atoms with E-state index in [1.807, 2.05) is 4.90 Å². The maximum absolute atomic E-state index is 12.6. The third kappa shape index (κ3) is 3.08. The van der Waals surface area contributed by atoms with Crippen LogP contribution in [0, 0.1) is 11.8 Å². The number of likely N-dealkylation sites (tertiary alicyclic amines) is 2. The summed E-state index contributed by atoms with van der Waals surface area (Å²) < 4.78 is 0. The Balaban J connectivity index is 1.34. The van der Waals surface area contributed by atoms with Crippen molar-refractivity contribution in [2.24, 2.45) is 11.8 Å². The molecule has 25 heavy (non-hydrogen) atoms. The van der Waals surface area contributed by atoms with Gasteiger partial charge in [0.2, 0.25) is 0 Å². The molecule has 136 valence electrons. The summed E-state index contributed by atoms with van der Waals surface area (Å²) in [6.45, 7) is 5.63. The molecule has 1 N–H and O–H groups in total. The van der Waals surface area contributed by atoms with Crippen LogP contribution in [0.3, 0.4) is 0 Å². The average molecular weight is 343 g/mol. The SMILES string of the molecule is C[C@@H]1CN(C2CCN(C(=O)c3ccncc3)CC2)C[C@@]1(O)C1CCC1. The van der Waals surface area contributed by atoms with Crippen LogP contribution in [0.15, 0.2) is 24.5 Å². The van der Waals surface area contributed by atoms with E-state index < -0.39 is 5.60 Å². The van der Waals surface area contributed by atoms with Gasteiger partial charge in [-0.1, -0.05) is 13.3 Å². The molecule has 1 saturated carbocycles. The summed E-state index contributed by atoms with van der Waals surface area (Å²) in [5.74, 6) is 0.969. The normalized spacial score (nSPS) is 31.9. The van der Waals surface area contributed by atoms with Gasteiger partial charge in [-0.05, 0) is 49.7 Å². The quantitative estimate of drug-likeness (QED) is 0.914. The van der Waals surface area contributed by atoms with Gasteiger partial charge in [-0.15, -0.1) is 0 Å². The first kappa shape index (κ1) is 17.0. The Morgan fingerprint density at radius 2 is 1.88 bits per heavy atom. The maximum atomic E-state index is 12.6. The number of aliphatic hydroxyl groups is 1. The van der Waals surface area contributed by atoms with Gasteiger partial charge in [0, 0.05) is 50.2 Å². The van der Waals surface area contributed by atoms with Gasteiger partial charge in [0.25, 0.3) is 5.91 Å². The molecule has 1 amide bonds. The molecule has 0 aromatic carbocycles. The summed E-state index contributed by atoms with van der Waals surface area (Å²) in [6, 6.07) is 4.07. The third-order valence-corrected chi connectivity index (χ3v) is 6.83. The number of pyridine rings is 1. The van der Waals surface area contributed by atoms with Crippen LogP contribution in [-0.4, -0.2) is 63.6 Å². The van der Waals surface area contributed by atoms with E-state index in [9.17, 15) is 9.90 Å². The number of carbonyl (C=O) groups is 1.